The highest BCUT2D eigenvalue weighted by molar-refractivity contribution is 5.83. The van der Waals surface area contributed by atoms with Gasteiger partial charge in [0.15, 0.2) is 11.6 Å². The van der Waals surface area contributed by atoms with E-state index in [4.69, 9.17) is 0 Å². The van der Waals surface area contributed by atoms with Crippen LogP contribution in [0.1, 0.15) is 5.56 Å². The second-order valence-corrected chi connectivity index (χ2v) is 3.86. The normalized spacial score (nSPS) is 11.5. The van der Waals surface area contributed by atoms with Gasteiger partial charge in [0, 0.05) is 29.7 Å². The predicted octanol–water partition coefficient (Wildman–Crippen LogP) is 2.51. The van der Waals surface area contributed by atoms with E-state index in [1.165, 1.54) is 12.1 Å². The fourth-order valence-electron chi connectivity index (χ4n) is 1.65. The van der Waals surface area contributed by atoms with Crippen molar-refractivity contribution in [2.45, 2.75) is 6.54 Å². The van der Waals surface area contributed by atoms with Gasteiger partial charge in [-0.15, -0.1) is 0 Å². The van der Waals surface area contributed by atoms with Gasteiger partial charge >= 0.3 is 0 Å². The Balaban J connectivity index is 2.54. The number of hydrogen-bond donors (Lipinski definition) is 1. The van der Waals surface area contributed by atoms with E-state index in [0.29, 0.717) is 12.1 Å². The van der Waals surface area contributed by atoms with Crippen molar-refractivity contribution in [2.24, 2.45) is 0 Å². The molecule has 0 unspecified atom stereocenters. The number of benzene rings is 1. The first-order valence-electron chi connectivity index (χ1n) is 4.67. The van der Waals surface area contributed by atoms with E-state index in [0.717, 1.165) is 10.9 Å². The fraction of sp³-hybridized carbons (Fsp3) is 0.273. The Morgan fingerprint density at radius 3 is 2.53 bits per heavy atom. The SMILES string of the molecule is CN(C)Cc1c[nH]c2cc(F)c(F)cc12. The highest BCUT2D eigenvalue weighted by Gasteiger charge is 2.09. The second-order valence-electron chi connectivity index (χ2n) is 3.86. The Labute approximate surface area is 86.5 Å². The summed E-state index contributed by atoms with van der Waals surface area (Å²) in [5.74, 6) is -1.62. The minimum atomic E-state index is -0.819. The van der Waals surface area contributed by atoms with Crippen LogP contribution in [0.2, 0.25) is 0 Å². The van der Waals surface area contributed by atoms with Gasteiger partial charge in [-0.3, -0.25) is 0 Å². The topological polar surface area (TPSA) is 19.0 Å². The zero-order valence-corrected chi connectivity index (χ0v) is 8.64. The lowest BCUT2D eigenvalue weighted by molar-refractivity contribution is 0.404. The lowest BCUT2D eigenvalue weighted by Crippen LogP contribution is -2.10. The van der Waals surface area contributed by atoms with Crippen LogP contribution in [0, 0.1) is 11.6 Å². The molecule has 0 aliphatic heterocycles. The van der Waals surface area contributed by atoms with Crippen molar-refractivity contribution in [1.82, 2.24) is 9.88 Å². The van der Waals surface area contributed by atoms with Gasteiger partial charge in [0.2, 0.25) is 0 Å². The molecule has 0 fully saturated rings. The predicted molar refractivity (Wildman–Crippen MR) is 55.6 cm³/mol. The molecule has 0 spiro atoms. The van der Waals surface area contributed by atoms with E-state index in [1.807, 2.05) is 19.0 Å². The number of halogens is 2. The minimum Gasteiger partial charge on any atom is -0.361 e. The van der Waals surface area contributed by atoms with Gasteiger partial charge in [0.1, 0.15) is 0 Å². The molecule has 15 heavy (non-hydrogen) atoms. The van der Waals surface area contributed by atoms with Crippen molar-refractivity contribution in [3.05, 3.63) is 35.5 Å². The van der Waals surface area contributed by atoms with Crippen molar-refractivity contribution in [3.8, 4) is 0 Å². The number of hydrogen-bond acceptors (Lipinski definition) is 1. The minimum absolute atomic E-state index is 0.630. The van der Waals surface area contributed by atoms with Crippen LogP contribution in [0.5, 0.6) is 0 Å². The first kappa shape index (κ1) is 10.1. The van der Waals surface area contributed by atoms with E-state index in [2.05, 4.69) is 4.98 Å². The third kappa shape index (κ3) is 1.85. The maximum absolute atomic E-state index is 13.0. The first-order valence-corrected chi connectivity index (χ1v) is 4.67. The maximum atomic E-state index is 13.0. The summed E-state index contributed by atoms with van der Waals surface area (Å²) in [5.41, 5.74) is 1.60. The molecule has 1 heterocycles. The smallest absolute Gasteiger partial charge is 0.160 e. The second kappa shape index (κ2) is 3.62. The number of nitrogens with zero attached hydrogens (tertiary/aromatic N) is 1. The molecule has 80 valence electrons. The van der Waals surface area contributed by atoms with Gasteiger partial charge in [-0.25, -0.2) is 8.78 Å². The number of fused-ring (bicyclic) bond motifs is 1. The molecule has 0 saturated heterocycles. The molecule has 0 bridgehead atoms. The third-order valence-electron chi connectivity index (χ3n) is 2.29. The zero-order valence-electron chi connectivity index (χ0n) is 8.64. The third-order valence-corrected chi connectivity index (χ3v) is 2.29. The lowest BCUT2D eigenvalue weighted by atomic mass is 10.1. The number of nitrogens with one attached hydrogen (secondary N) is 1. The van der Waals surface area contributed by atoms with Gasteiger partial charge < -0.3 is 9.88 Å². The van der Waals surface area contributed by atoms with Crippen LogP contribution in [0.25, 0.3) is 10.9 Å². The highest BCUT2D eigenvalue weighted by Crippen LogP contribution is 2.22. The molecule has 2 rings (SSSR count). The average molecular weight is 210 g/mol. The lowest BCUT2D eigenvalue weighted by Gasteiger charge is -2.07. The van der Waals surface area contributed by atoms with Gasteiger partial charge in [-0.1, -0.05) is 0 Å². The summed E-state index contributed by atoms with van der Waals surface area (Å²) in [4.78, 5) is 4.90. The Morgan fingerprint density at radius 1 is 1.20 bits per heavy atom. The van der Waals surface area contributed by atoms with Crippen LogP contribution >= 0.6 is 0 Å². The molecule has 0 aliphatic rings. The summed E-state index contributed by atoms with van der Waals surface area (Å²) in [6.45, 7) is 0.699. The number of H-pyrrole nitrogens is 1. The average Bonchev–Trinajstić information content (AvgIpc) is 2.49. The standard InChI is InChI=1S/C11H12F2N2/c1-15(2)6-7-5-14-11-4-10(13)9(12)3-8(7)11/h3-5,14H,6H2,1-2H3. The summed E-state index contributed by atoms with van der Waals surface area (Å²) in [5, 5.41) is 0.739. The Morgan fingerprint density at radius 2 is 1.87 bits per heavy atom. The van der Waals surface area contributed by atoms with Crippen molar-refractivity contribution >= 4 is 10.9 Å². The van der Waals surface area contributed by atoms with Crippen LogP contribution in [0.15, 0.2) is 18.3 Å². The van der Waals surface area contributed by atoms with Crippen molar-refractivity contribution < 1.29 is 8.78 Å². The van der Waals surface area contributed by atoms with E-state index < -0.39 is 11.6 Å². The van der Waals surface area contributed by atoms with Gasteiger partial charge in [0.05, 0.1) is 0 Å². The number of aromatic amines is 1. The largest absolute Gasteiger partial charge is 0.361 e. The van der Waals surface area contributed by atoms with Crippen LogP contribution < -0.4 is 0 Å². The van der Waals surface area contributed by atoms with Gasteiger partial charge in [0.25, 0.3) is 0 Å². The molecule has 1 aromatic carbocycles. The Bertz CT molecular complexity index is 489. The number of aromatic nitrogens is 1. The molecule has 1 N–H and O–H groups in total. The van der Waals surface area contributed by atoms with Crippen LogP contribution in [0.3, 0.4) is 0 Å². The van der Waals surface area contributed by atoms with Crippen molar-refractivity contribution in [1.29, 1.82) is 0 Å². The van der Waals surface area contributed by atoms with Gasteiger partial charge in [-0.2, -0.15) is 0 Å². The van der Waals surface area contributed by atoms with Gasteiger partial charge in [-0.05, 0) is 25.7 Å². The Kier molecular flexibility index (Phi) is 2.44. The van der Waals surface area contributed by atoms with E-state index >= 15 is 0 Å². The first-order chi connectivity index (χ1) is 7.08. The molecular weight excluding hydrogens is 198 g/mol. The van der Waals surface area contributed by atoms with Crippen molar-refractivity contribution in [2.75, 3.05) is 14.1 Å². The highest BCUT2D eigenvalue weighted by atomic mass is 19.2. The summed E-state index contributed by atoms with van der Waals surface area (Å²) < 4.78 is 26.0. The van der Waals surface area contributed by atoms with Crippen LogP contribution in [0.4, 0.5) is 8.78 Å². The molecule has 0 saturated carbocycles. The van der Waals surface area contributed by atoms with E-state index in [-0.39, 0.29) is 0 Å². The molecule has 0 atom stereocenters. The molecule has 4 heteroatoms. The van der Waals surface area contributed by atoms with Crippen LogP contribution in [-0.4, -0.2) is 24.0 Å². The summed E-state index contributed by atoms with van der Waals surface area (Å²) in [6, 6.07) is 2.42. The maximum Gasteiger partial charge on any atom is 0.160 e. The van der Waals surface area contributed by atoms with Crippen molar-refractivity contribution in [3.63, 3.8) is 0 Å². The molecule has 1 aromatic heterocycles. The molecule has 0 aliphatic carbocycles. The summed E-state index contributed by atoms with van der Waals surface area (Å²) in [6.07, 6.45) is 1.78. The van der Waals surface area contributed by atoms with Crippen LogP contribution in [-0.2, 0) is 6.54 Å². The van der Waals surface area contributed by atoms with E-state index in [1.54, 1.807) is 6.20 Å². The molecule has 0 radical (unpaired) electrons. The molecule has 0 amide bonds. The molecule has 2 nitrogen and oxygen atoms in total. The summed E-state index contributed by atoms with van der Waals surface area (Å²) in [7, 11) is 3.86. The molecule has 2 aromatic rings. The van der Waals surface area contributed by atoms with E-state index in [9.17, 15) is 8.78 Å². The number of rotatable bonds is 2. The monoisotopic (exact) mass is 210 g/mol. The quantitative estimate of drug-likeness (QED) is 0.806. The summed E-state index contributed by atoms with van der Waals surface area (Å²) >= 11 is 0. The zero-order chi connectivity index (χ0) is 11.0. The molecular formula is C11H12F2N2. The fourth-order valence-corrected chi connectivity index (χ4v) is 1.65. The Hall–Kier alpha value is -1.42.